The van der Waals surface area contributed by atoms with Crippen molar-refractivity contribution in [2.24, 2.45) is 0 Å². The lowest BCUT2D eigenvalue weighted by Gasteiger charge is -2.31. The van der Waals surface area contributed by atoms with Crippen LogP contribution < -0.4 is 9.64 Å². The first kappa shape index (κ1) is 17.6. The Morgan fingerprint density at radius 3 is 2.88 bits per heavy atom. The first-order valence-electron chi connectivity index (χ1n) is 8.32. The lowest BCUT2D eigenvalue weighted by Crippen LogP contribution is -2.39. The topological polar surface area (TPSA) is 61.7 Å². The maximum atomic E-state index is 13.5. The second-order valence-corrected chi connectivity index (χ2v) is 6.40. The van der Waals surface area contributed by atoms with Gasteiger partial charge in [0.15, 0.2) is 11.6 Å². The van der Waals surface area contributed by atoms with Gasteiger partial charge in [-0.1, -0.05) is 12.1 Å². The first-order chi connectivity index (χ1) is 12.0. The lowest BCUT2D eigenvalue weighted by molar-refractivity contribution is 0.0622. The van der Waals surface area contributed by atoms with Gasteiger partial charge in [-0.3, -0.25) is 4.90 Å². The normalized spacial score (nSPS) is 15.5. The third-order valence-corrected chi connectivity index (χ3v) is 4.22. The number of aliphatic hydroxyl groups excluding tert-OH is 1. The average molecular weight is 346 g/mol. The number of nitrogens with zero attached hydrogens (tertiary/aromatic N) is 4. The molecule has 1 aromatic carbocycles. The second kappa shape index (κ2) is 7.76. The second-order valence-electron chi connectivity index (χ2n) is 6.40. The molecule has 1 aliphatic rings. The van der Waals surface area contributed by atoms with Gasteiger partial charge < -0.3 is 14.7 Å². The van der Waals surface area contributed by atoms with Crippen molar-refractivity contribution in [3.8, 4) is 5.75 Å². The fourth-order valence-corrected chi connectivity index (χ4v) is 3.02. The summed E-state index contributed by atoms with van der Waals surface area (Å²) in [4.78, 5) is 12.8. The summed E-state index contributed by atoms with van der Waals surface area (Å²) in [5, 5.41) is 10.2. The number of fused-ring (bicyclic) bond motifs is 1. The molecule has 0 bridgehead atoms. The fraction of sp³-hybridized carbons (Fsp3) is 0.444. The quantitative estimate of drug-likeness (QED) is 0.855. The van der Waals surface area contributed by atoms with Crippen molar-refractivity contribution in [2.75, 3.05) is 38.7 Å². The van der Waals surface area contributed by atoms with Gasteiger partial charge in [0.05, 0.1) is 5.69 Å². The van der Waals surface area contributed by atoms with Crippen molar-refractivity contribution in [1.29, 1.82) is 0 Å². The number of para-hydroxylation sites is 1. The van der Waals surface area contributed by atoms with Crippen LogP contribution in [0.1, 0.15) is 11.3 Å². The number of β-amino-alcohol motifs (C(OH)–C–C–N with tert-alkyl or cyclic N) is 1. The standard InChI is InChI=1S/C18H23FN4O2/c1-22(2)18-14-10-23(8-7-16(14)20-12-21-18)9-13(24)11-25-17-6-4-3-5-15(17)19/h3-6,12-13,24H,7-11H2,1-2H3. The number of rotatable bonds is 6. The van der Waals surface area contributed by atoms with E-state index in [1.807, 2.05) is 19.0 Å². The van der Waals surface area contributed by atoms with Crippen LogP contribution in [-0.4, -0.2) is 59.9 Å². The van der Waals surface area contributed by atoms with Crippen LogP contribution in [0.4, 0.5) is 10.2 Å². The zero-order valence-corrected chi connectivity index (χ0v) is 14.5. The summed E-state index contributed by atoms with van der Waals surface area (Å²) >= 11 is 0. The van der Waals surface area contributed by atoms with E-state index in [0.29, 0.717) is 13.1 Å². The third-order valence-electron chi connectivity index (χ3n) is 4.22. The van der Waals surface area contributed by atoms with Crippen LogP contribution in [-0.2, 0) is 13.0 Å². The van der Waals surface area contributed by atoms with Crippen molar-refractivity contribution >= 4 is 5.82 Å². The van der Waals surface area contributed by atoms with Gasteiger partial charge in [-0.05, 0) is 12.1 Å². The highest BCUT2D eigenvalue weighted by molar-refractivity contribution is 5.48. The van der Waals surface area contributed by atoms with E-state index >= 15 is 0 Å². The summed E-state index contributed by atoms with van der Waals surface area (Å²) in [6, 6.07) is 6.20. The highest BCUT2D eigenvalue weighted by Crippen LogP contribution is 2.24. The van der Waals surface area contributed by atoms with Gasteiger partial charge in [0.2, 0.25) is 0 Å². The summed E-state index contributed by atoms with van der Waals surface area (Å²) in [6.07, 6.45) is 1.72. The molecular weight excluding hydrogens is 323 g/mol. The molecule has 3 rings (SSSR count). The molecule has 0 radical (unpaired) electrons. The van der Waals surface area contributed by atoms with Gasteiger partial charge >= 0.3 is 0 Å². The molecule has 0 spiro atoms. The highest BCUT2D eigenvalue weighted by atomic mass is 19.1. The number of halogens is 1. The molecule has 0 aliphatic carbocycles. The van der Waals surface area contributed by atoms with Crippen LogP contribution in [0, 0.1) is 5.82 Å². The molecule has 0 fully saturated rings. The Hall–Kier alpha value is -2.25. The Morgan fingerprint density at radius 2 is 2.12 bits per heavy atom. The molecular formula is C18H23FN4O2. The van der Waals surface area contributed by atoms with Gasteiger partial charge in [0.25, 0.3) is 0 Å². The molecule has 7 heteroatoms. The molecule has 1 aromatic heterocycles. The number of benzene rings is 1. The van der Waals surface area contributed by atoms with Gasteiger partial charge in [-0.25, -0.2) is 14.4 Å². The minimum atomic E-state index is -0.700. The lowest BCUT2D eigenvalue weighted by atomic mass is 10.1. The summed E-state index contributed by atoms with van der Waals surface area (Å²) in [5.74, 6) is 0.648. The third kappa shape index (κ3) is 4.24. The molecule has 0 amide bonds. The van der Waals surface area contributed by atoms with Crippen molar-refractivity contribution < 1.29 is 14.2 Å². The molecule has 6 nitrogen and oxygen atoms in total. The van der Waals surface area contributed by atoms with Crippen LogP contribution >= 0.6 is 0 Å². The van der Waals surface area contributed by atoms with Crippen LogP contribution in [0.2, 0.25) is 0 Å². The van der Waals surface area contributed by atoms with Gasteiger partial charge in [-0.2, -0.15) is 0 Å². The van der Waals surface area contributed by atoms with E-state index in [-0.39, 0.29) is 12.4 Å². The Bertz CT molecular complexity index is 726. The SMILES string of the molecule is CN(C)c1ncnc2c1CN(CC(O)COc1ccccc1F)CC2. The van der Waals surface area contributed by atoms with E-state index in [4.69, 9.17) is 4.74 Å². The molecule has 25 heavy (non-hydrogen) atoms. The minimum absolute atomic E-state index is 0.0517. The molecule has 0 saturated heterocycles. The number of aromatic nitrogens is 2. The van der Waals surface area contributed by atoms with E-state index in [0.717, 1.165) is 30.0 Å². The van der Waals surface area contributed by atoms with Gasteiger partial charge in [-0.15, -0.1) is 0 Å². The molecule has 134 valence electrons. The summed E-state index contributed by atoms with van der Waals surface area (Å²) in [5.41, 5.74) is 2.16. The van der Waals surface area contributed by atoms with Gasteiger partial charge in [0, 0.05) is 45.7 Å². The molecule has 1 aliphatic heterocycles. The predicted octanol–water partition coefficient (Wildman–Crippen LogP) is 1.48. The molecule has 2 heterocycles. The maximum Gasteiger partial charge on any atom is 0.165 e. The Morgan fingerprint density at radius 1 is 1.32 bits per heavy atom. The Kier molecular flexibility index (Phi) is 5.45. The van der Waals surface area contributed by atoms with E-state index < -0.39 is 11.9 Å². The first-order valence-corrected chi connectivity index (χ1v) is 8.32. The smallest absolute Gasteiger partial charge is 0.165 e. The van der Waals surface area contributed by atoms with Crippen molar-refractivity contribution in [3.63, 3.8) is 0 Å². The van der Waals surface area contributed by atoms with Crippen LogP contribution in [0.3, 0.4) is 0 Å². The van der Waals surface area contributed by atoms with E-state index in [1.165, 1.54) is 6.07 Å². The largest absolute Gasteiger partial charge is 0.488 e. The molecule has 1 N–H and O–H groups in total. The minimum Gasteiger partial charge on any atom is -0.488 e. The highest BCUT2D eigenvalue weighted by Gasteiger charge is 2.23. The number of ether oxygens (including phenoxy) is 1. The molecule has 1 atom stereocenters. The number of hydrogen-bond acceptors (Lipinski definition) is 6. The summed E-state index contributed by atoms with van der Waals surface area (Å²) < 4.78 is 18.9. The van der Waals surface area contributed by atoms with Crippen LogP contribution in [0.5, 0.6) is 5.75 Å². The molecule has 0 saturated carbocycles. The van der Waals surface area contributed by atoms with E-state index in [1.54, 1.807) is 24.5 Å². The summed E-state index contributed by atoms with van der Waals surface area (Å²) in [7, 11) is 3.91. The van der Waals surface area contributed by atoms with Crippen molar-refractivity contribution in [1.82, 2.24) is 14.9 Å². The zero-order valence-electron chi connectivity index (χ0n) is 14.5. The monoisotopic (exact) mass is 346 g/mol. The Balaban J connectivity index is 1.58. The van der Waals surface area contributed by atoms with E-state index in [9.17, 15) is 9.50 Å². The summed E-state index contributed by atoms with van der Waals surface area (Å²) in [6.45, 7) is 2.00. The van der Waals surface area contributed by atoms with Crippen molar-refractivity contribution in [3.05, 3.63) is 47.7 Å². The van der Waals surface area contributed by atoms with E-state index in [2.05, 4.69) is 14.9 Å². The number of anilines is 1. The molecule has 1 unspecified atom stereocenters. The fourth-order valence-electron chi connectivity index (χ4n) is 3.02. The molecule has 2 aromatic rings. The average Bonchev–Trinajstić information content (AvgIpc) is 2.60. The number of hydrogen-bond donors (Lipinski definition) is 1. The van der Waals surface area contributed by atoms with Crippen molar-refractivity contribution in [2.45, 2.75) is 19.1 Å². The zero-order chi connectivity index (χ0) is 17.8. The van der Waals surface area contributed by atoms with Crippen LogP contribution in [0.15, 0.2) is 30.6 Å². The van der Waals surface area contributed by atoms with Gasteiger partial charge in [0.1, 0.15) is 24.9 Å². The Labute approximate surface area is 146 Å². The maximum absolute atomic E-state index is 13.5. The predicted molar refractivity (Wildman–Crippen MR) is 93.2 cm³/mol. The number of aliphatic hydroxyl groups is 1. The van der Waals surface area contributed by atoms with Crippen LogP contribution in [0.25, 0.3) is 0 Å².